The Balaban J connectivity index is 1.37. The molecule has 1 amide bonds. The Labute approximate surface area is 188 Å². The van der Waals surface area contributed by atoms with Crippen molar-refractivity contribution in [2.75, 3.05) is 6.54 Å². The summed E-state index contributed by atoms with van der Waals surface area (Å²) in [4.78, 5) is 12.0. The number of para-hydroxylation sites is 1. The van der Waals surface area contributed by atoms with Crippen LogP contribution in [-0.4, -0.2) is 27.2 Å². The van der Waals surface area contributed by atoms with Gasteiger partial charge in [0, 0.05) is 30.8 Å². The molecule has 1 aliphatic rings. The van der Waals surface area contributed by atoms with Crippen LogP contribution < -0.4 is 5.32 Å². The van der Waals surface area contributed by atoms with Gasteiger partial charge in [-0.3, -0.25) is 9.36 Å². The minimum Gasteiger partial charge on any atom is -0.356 e. The average molecular weight is 435 g/mol. The van der Waals surface area contributed by atoms with E-state index in [1.807, 2.05) is 18.2 Å². The Hall–Kier alpha value is -2.60. The maximum absolute atomic E-state index is 12.0. The number of carbonyl (C=O) groups excluding carboxylic acids is 1. The third-order valence-electron chi connectivity index (χ3n) is 5.50. The number of aromatic nitrogens is 3. The molecule has 1 N–H and O–H groups in total. The Morgan fingerprint density at radius 1 is 1.10 bits per heavy atom. The van der Waals surface area contributed by atoms with Gasteiger partial charge in [-0.05, 0) is 56.2 Å². The highest BCUT2D eigenvalue weighted by Crippen LogP contribution is 2.28. The number of aryl methyl sites for hydroxylation is 2. The predicted molar refractivity (Wildman–Crippen MR) is 125 cm³/mol. The number of benzene rings is 2. The van der Waals surface area contributed by atoms with E-state index in [9.17, 15) is 4.79 Å². The van der Waals surface area contributed by atoms with E-state index in [4.69, 9.17) is 0 Å². The van der Waals surface area contributed by atoms with Crippen LogP contribution in [0.1, 0.15) is 49.1 Å². The van der Waals surface area contributed by atoms with Gasteiger partial charge in [-0.15, -0.1) is 10.2 Å². The highest BCUT2D eigenvalue weighted by Gasteiger charge is 2.21. The zero-order chi connectivity index (χ0) is 21.5. The van der Waals surface area contributed by atoms with Gasteiger partial charge in [-0.1, -0.05) is 59.8 Å². The zero-order valence-electron chi connectivity index (χ0n) is 18.1. The van der Waals surface area contributed by atoms with Gasteiger partial charge < -0.3 is 5.32 Å². The van der Waals surface area contributed by atoms with Crippen LogP contribution in [0.2, 0.25) is 0 Å². The molecular formula is C25H30N4OS. The largest absolute Gasteiger partial charge is 0.356 e. The number of amides is 1. The Bertz CT molecular complexity index is 998. The fourth-order valence-electron chi connectivity index (χ4n) is 3.58. The van der Waals surface area contributed by atoms with Crippen molar-refractivity contribution >= 4 is 17.7 Å². The zero-order valence-corrected chi connectivity index (χ0v) is 18.9. The molecule has 6 heteroatoms. The van der Waals surface area contributed by atoms with Crippen LogP contribution in [0.5, 0.6) is 0 Å². The van der Waals surface area contributed by atoms with Crippen molar-refractivity contribution in [3.8, 4) is 5.69 Å². The monoisotopic (exact) mass is 434 g/mol. The molecule has 162 valence electrons. The molecule has 31 heavy (non-hydrogen) atoms. The van der Waals surface area contributed by atoms with Gasteiger partial charge in [0.05, 0.1) is 0 Å². The van der Waals surface area contributed by atoms with Crippen LogP contribution in [0.4, 0.5) is 0 Å². The molecule has 0 radical (unpaired) electrons. The predicted octanol–water partition coefficient (Wildman–Crippen LogP) is 5.11. The molecule has 0 unspecified atom stereocenters. The van der Waals surface area contributed by atoms with Crippen LogP contribution in [0.25, 0.3) is 5.69 Å². The molecule has 1 aromatic heterocycles. The summed E-state index contributed by atoms with van der Waals surface area (Å²) in [6, 6.07) is 18.9. The average Bonchev–Trinajstić information content (AvgIpc) is 3.53. The lowest BCUT2D eigenvalue weighted by molar-refractivity contribution is -0.121. The Kier molecular flexibility index (Phi) is 7.41. The van der Waals surface area contributed by atoms with Crippen molar-refractivity contribution in [2.24, 2.45) is 5.92 Å². The number of hydrogen-bond acceptors (Lipinski definition) is 4. The quantitative estimate of drug-likeness (QED) is 0.337. The topological polar surface area (TPSA) is 59.8 Å². The number of hydrogen-bond donors (Lipinski definition) is 1. The van der Waals surface area contributed by atoms with E-state index in [1.165, 1.54) is 24.0 Å². The first-order valence-corrected chi connectivity index (χ1v) is 12.1. The number of thioether (sulfide) groups is 1. The van der Waals surface area contributed by atoms with Crippen LogP contribution in [0.3, 0.4) is 0 Å². The van der Waals surface area contributed by atoms with Gasteiger partial charge in [-0.25, -0.2) is 0 Å². The molecule has 4 rings (SSSR count). The summed E-state index contributed by atoms with van der Waals surface area (Å²) in [6.45, 7) is 2.97. The number of unbranched alkanes of at least 4 members (excludes halogenated alkanes) is 1. The standard InChI is InChI=1S/C25H30N4OS/c1-19-8-7-9-21(16-19)18-31-25-28-27-23(29(25)22-10-3-2-4-11-22)12-5-6-13-24(30)26-17-20-14-15-20/h2-4,7-11,16,20H,5-6,12-15,17-18H2,1H3,(H,26,30). The third kappa shape index (κ3) is 6.44. The van der Waals surface area contributed by atoms with Crippen molar-refractivity contribution in [1.82, 2.24) is 20.1 Å². The van der Waals surface area contributed by atoms with Crippen LogP contribution in [-0.2, 0) is 17.0 Å². The Morgan fingerprint density at radius 2 is 1.94 bits per heavy atom. The lowest BCUT2D eigenvalue weighted by Gasteiger charge is -2.10. The summed E-state index contributed by atoms with van der Waals surface area (Å²) < 4.78 is 2.16. The van der Waals surface area contributed by atoms with Gasteiger partial charge in [-0.2, -0.15) is 0 Å². The molecule has 1 saturated carbocycles. The SMILES string of the molecule is Cc1cccc(CSc2nnc(CCCCC(=O)NCC3CC3)n2-c2ccccc2)c1. The molecule has 0 saturated heterocycles. The summed E-state index contributed by atoms with van der Waals surface area (Å²) >= 11 is 1.71. The van der Waals surface area contributed by atoms with E-state index >= 15 is 0 Å². The van der Waals surface area contributed by atoms with E-state index in [-0.39, 0.29) is 5.91 Å². The fraction of sp³-hybridized carbons (Fsp3) is 0.400. The lowest BCUT2D eigenvalue weighted by atomic mass is 10.1. The van der Waals surface area contributed by atoms with E-state index in [1.54, 1.807) is 11.8 Å². The van der Waals surface area contributed by atoms with Gasteiger partial charge in [0.25, 0.3) is 0 Å². The molecule has 0 atom stereocenters. The molecule has 5 nitrogen and oxygen atoms in total. The first-order chi connectivity index (χ1) is 15.2. The molecule has 0 spiro atoms. The fourth-order valence-corrected chi connectivity index (χ4v) is 4.49. The molecule has 0 aliphatic heterocycles. The second-order valence-electron chi connectivity index (χ2n) is 8.30. The summed E-state index contributed by atoms with van der Waals surface area (Å²) in [5.74, 6) is 2.71. The third-order valence-corrected chi connectivity index (χ3v) is 6.50. The maximum atomic E-state index is 12.0. The molecular weight excluding hydrogens is 404 g/mol. The van der Waals surface area contributed by atoms with Crippen LogP contribution in [0.15, 0.2) is 59.8 Å². The summed E-state index contributed by atoms with van der Waals surface area (Å²) in [5, 5.41) is 12.9. The highest BCUT2D eigenvalue weighted by molar-refractivity contribution is 7.98. The van der Waals surface area contributed by atoms with Crippen molar-refractivity contribution in [3.05, 3.63) is 71.5 Å². The second kappa shape index (κ2) is 10.6. The van der Waals surface area contributed by atoms with Gasteiger partial charge in [0.1, 0.15) is 5.82 Å². The Morgan fingerprint density at radius 3 is 2.71 bits per heavy atom. The summed E-state index contributed by atoms with van der Waals surface area (Å²) in [7, 11) is 0. The van der Waals surface area contributed by atoms with Crippen molar-refractivity contribution in [1.29, 1.82) is 0 Å². The van der Waals surface area contributed by atoms with E-state index in [0.717, 1.165) is 54.1 Å². The van der Waals surface area contributed by atoms with Crippen LogP contribution in [0, 0.1) is 12.8 Å². The molecule has 1 heterocycles. The first kappa shape index (κ1) is 21.6. The number of nitrogens with one attached hydrogen (secondary N) is 1. The molecule has 0 bridgehead atoms. The summed E-state index contributed by atoms with van der Waals surface area (Å²) in [5.41, 5.74) is 3.63. The minimum atomic E-state index is 0.172. The lowest BCUT2D eigenvalue weighted by Crippen LogP contribution is -2.25. The second-order valence-corrected chi connectivity index (χ2v) is 9.24. The maximum Gasteiger partial charge on any atom is 0.220 e. The molecule has 1 aliphatic carbocycles. The molecule has 1 fully saturated rings. The van der Waals surface area contributed by atoms with Gasteiger partial charge >= 0.3 is 0 Å². The number of carbonyl (C=O) groups is 1. The normalized spacial score (nSPS) is 13.3. The minimum absolute atomic E-state index is 0.172. The highest BCUT2D eigenvalue weighted by atomic mass is 32.2. The van der Waals surface area contributed by atoms with Crippen molar-refractivity contribution in [2.45, 2.75) is 56.4 Å². The number of nitrogens with zero attached hydrogens (tertiary/aromatic N) is 3. The smallest absolute Gasteiger partial charge is 0.220 e. The van der Waals surface area contributed by atoms with Crippen molar-refractivity contribution in [3.63, 3.8) is 0 Å². The van der Waals surface area contributed by atoms with E-state index < -0.39 is 0 Å². The van der Waals surface area contributed by atoms with E-state index in [2.05, 4.69) is 63.4 Å². The van der Waals surface area contributed by atoms with Crippen LogP contribution >= 0.6 is 11.8 Å². The summed E-state index contributed by atoms with van der Waals surface area (Å²) in [6.07, 6.45) is 5.71. The van der Waals surface area contributed by atoms with E-state index in [0.29, 0.717) is 6.42 Å². The number of rotatable bonds is 11. The van der Waals surface area contributed by atoms with Gasteiger partial charge in [0.15, 0.2) is 5.16 Å². The molecule has 2 aromatic carbocycles. The molecule has 3 aromatic rings. The van der Waals surface area contributed by atoms with Crippen molar-refractivity contribution < 1.29 is 4.79 Å². The van der Waals surface area contributed by atoms with Gasteiger partial charge in [0.2, 0.25) is 5.91 Å². The first-order valence-electron chi connectivity index (χ1n) is 11.1.